The van der Waals surface area contributed by atoms with E-state index in [2.05, 4.69) is 15.9 Å². The van der Waals surface area contributed by atoms with Crippen LogP contribution in [-0.2, 0) is 18.0 Å². The predicted octanol–water partition coefficient (Wildman–Crippen LogP) is 3.46. The zero-order valence-electron chi connectivity index (χ0n) is 9.43. The number of halogens is 1. The molecular weight excluding hydrogens is 300 g/mol. The second kappa shape index (κ2) is 5.84. The van der Waals surface area contributed by atoms with Gasteiger partial charge in [0.25, 0.3) is 0 Å². The van der Waals surface area contributed by atoms with Gasteiger partial charge >= 0.3 is 5.97 Å². The molecule has 0 bridgehead atoms. The van der Waals surface area contributed by atoms with Crippen LogP contribution in [-0.4, -0.2) is 11.1 Å². The molecule has 1 aromatic carbocycles. The lowest BCUT2D eigenvalue weighted by atomic mass is 10.2. The Kier molecular flexibility index (Phi) is 4.17. The van der Waals surface area contributed by atoms with Crippen molar-refractivity contribution in [1.82, 2.24) is 0 Å². The van der Waals surface area contributed by atoms with Gasteiger partial charge in [-0.1, -0.05) is 28.1 Å². The number of carboxylic acids is 1. The number of rotatable bonds is 5. The number of benzene rings is 1. The van der Waals surface area contributed by atoms with E-state index in [0.29, 0.717) is 12.4 Å². The van der Waals surface area contributed by atoms with Crippen LogP contribution >= 0.6 is 15.9 Å². The Morgan fingerprint density at radius 3 is 2.83 bits per heavy atom. The molecule has 0 spiro atoms. The molecular formula is C13H11BrO4. The number of carbonyl (C=O) groups is 1. The summed E-state index contributed by atoms with van der Waals surface area (Å²) in [6, 6.07) is 9.25. The molecule has 0 fully saturated rings. The molecule has 1 aromatic heterocycles. The topological polar surface area (TPSA) is 59.7 Å². The number of hydrogen-bond acceptors (Lipinski definition) is 3. The summed E-state index contributed by atoms with van der Waals surface area (Å²) in [6.45, 7) is 0.697. The third-order valence-corrected chi connectivity index (χ3v) is 2.80. The van der Waals surface area contributed by atoms with E-state index in [1.54, 1.807) is 0 Å². The molecule has 0 radical (unpaired) electrons. The fourth-order valence-corrected chi connectivity index (χ4v) is 1.91. The molecule has 0 unspecified atom stereocenters. The van der Waals surface area contributed by atoms with Gasteiger partial charge in [-0.15, -0.1) is 0 Å². The first kappa shape index (κ1) is 12.9. The van der Waals surface area contributed by atoms with Crippen molar-refractivity contribution < 1.29 is 19.1 Å². The van der Waals surface area contributed by atoms with Crippen molar-refractivity contribution in [1.29, 1.82) is 0 Å². The van der Waals surface area contributed by atoms with Crippen LogP contribution in [0.2, 0.25) is 0 Å². The van der Waals surface area contributed by atoms with Crippen molar-refractivity contribution >= 4 is 21.9 Å². The molecule has 2 rings (SSSR count). The van der Waals surface area contributed by atoms with Crippen molar-refractivity contribution in [2.45, 2.75) is 13.2 Å². The third-order valence-electron chi connectivity index (χ3n) is 2.30. The smallest absolute Gasteiger partial charge is 0.338 e. The first-order chi connectivity index (χ1) is 8.65. The van der Waals surface area contributed by atoms with Gasteiger partial charge in [0.2, 0.25) is 0 Å². The maximum Gasteiger partial charge on any atom is 0.338 e. The van der Waals surface area contributed by atoms with Crippen molar-refractivity contribution in [3.05, 3.63) is 58.0 Å². The Bertz CT molecular complexity index is 547. The molecule has 0 aliphatic carbocycles. The van der Waals surface area contributed by atoms with Gasteiger partial charge in [-0.3, -0.25) is 0 Å². The van der Waals surface area contributed by atoms with Crippen molar-refractivity contribution in [3.8, 4) is 0 Å². The summed E-state index contributed by atoms with van der Waals surface area (Å²) in [5.41, 5.74) is 1.17. The highest BCUT2D eigenvalue weighted by Gasteiger charge is 2.08. The Labute approximate surface area is 112 Å². The van der Waals surface area contributed by atoms with Gasteiger partial charge in [0.1, 0.15) is 18.6 Å². The molecule has 0 amide bonds. The summed E-state index contributed by atoms with van der Waals surface area (Å²) in [5, 5.41) is 8.73. The minimum atomic E-state index is -1.00. The highest BCUT2D eigenvalue weighted by atomic mass is 79.9. The second-order valence-corrected chi connectivity index (χ2v) is 4.65. The highest BCUT2D eigenvalue weighted by molar-refractivity contribution is 9.10. The number of carboxylic acid groups (broad SMARTS) is 1. The summed E-state index contributed by atoms with van der Waals surface area (Å²) in [6.07, 6.45) is 1.21. The molecule has 0 aliphatic rings. The van der Waals surface area contributed by atoms with Gasteiger partial charge in [0.15, 0.2) is 0 Å². The van der Waals surface area contributed by atoms with Crippen molar-refractivity contribution in [2.75, 3.05) is 0 Å². The zero-order valence-corrected chi connectivity index (χ0v) is 11.0. The standard InChI is InChI=1S/C13H11BrO4/c14-11-3-1-2-9(4-11)6-17-8-12-5-10(7-18-12)13(15)16/h1-5,7H,6,8H2,(H,15,16). The fraction of sp³-hybridized carbons (Fsp3) is 0.154. The van der Waals surface area contributed by atoms with E-state index in [4.69, 9.17) is 14.3 Å². The number of furan rings is 1. The Hall–Kier alpha value is -1.59. The summed E-state index contributed by atoms with van der Waals surface area (Å²) in [5.74, 6) is -0.501. The van der Waals surface area contributed by atoms with Crippen LogP contribution in [0.15, 0.2) is 45.5 Å². The van der Waals surface area contributed by atoms with Crippen LogP contribution in [0.3, 0.4) is 0 Å². The van der Waals surface area contributed by atoms with Gasteiger partial charge in [-0.2, -0.15) is 0 Å². The minimum Gasteiger partial charge on any atom is -0.478 e. The molecule has 94 valence electrons. The number of hydrogen-bond donors (Lipinski definition) is 1. The molecule has 4 nitrogen and oxygen atoms in total. The molecule has 1 heterocycles. The fourth-order valence-electron chi connectivity index (χ4n) is 1.46. The number of aromatic carboxylic acids is 1. The van der Waals surface area contributed by atoms with Crippen molar-refractivity contribution in [3.63, 3.8) is 0 Å². The van der Waals surface area contributed by atoms with Gasteiger partial charge in [-0.25, -0.2) is 4.79 Å². The molecule has 18 heavy (non-hydrogen) atoms. The maximum atomic E-state index is 10.6. The molecule has 0 saturated heterocycles. The zero-order chi connectivity index (χ0) is 13.0. The maximum absolute atomic E-state index is 10.6. The number of ether oxygens (including phenoxy) is 1. The van der Waals surface area contributed by atoms with E-state index < -0.39 is 5.97 Å². The van der Waals surface area contributed by atoms with E-state index in [9.17, 15) is 4.79 Å². The lowest BCUT2D eigenvalue weighted by Crippen LogP contribution is -1.94. The van der Waals surface area contributed by atoms with Crippen molar-refractivity contribution in [2.24, 2.45) is 0 Å². The Morgan fingerprint density at radius 1 is 1.33 bits per heavy atom. The van der Waals surface area contributed by atoms with Crippen LogP contribution in [0.4, 0.5) is 0 Å². The Balaban J connectivity index is 1.86. The third kappa shape index (κ3) is 3.45. The summed E-state index contributed by atoms with van der Waals surface area (Å²) >= 11 is 3.38. The molecule has 1 N–H and O–H groups in total. The largest absolute Gasteiger partial charge is 0.478 e. The molecule has 0 aliphatic heterocycles. The first-order valence-corrected chi connectivity index (χ1v) is 6.07. The van der Waals surface area contributed by atoms with Crippen LogP contribution < -0.4 is 0 Å². The SMILES string of the molecule is O=C(O)c1coc(COCc2cccc(Br)c2)c1. The van der Waals surface area contributed by atoms with Gasteiger partial charge in [0.05, 0.1) is 12.2 Å². The molecule has 0 atom stereocenters. The lowest BCUT2D eigenvalue weighted by molar-refractivity contribution is 0.0696. The van der Waals surface area contributed by atoms with Crippen LogP contribution in [0.25, 0.3) is 0 Å². The average molecular weight is 311 g/mol. The van der Waals surface area contributed by atoms with E-state index in [0.717, 1.165) is 10.0 Å². The predicted molar refractivity (Wildman–Crippen MR) is 68.3 cm³/mol. The van der Waals surface area contributed by atoms with E-state index in [-0.39, 0.29) is 12.2 Å². The summed E-state index contributed by atoms with van der Waals surface area (Å²) in [7, 11) is 0. The monoisotopic (exact) mass is 310 g/mol. The van der Waals surface area contributed by atoms with Crippen LogP contribution in [0.5, 0.6) is 0 Å². The Morgan fingerprint density at radius 2 is 2.17 bits per heavy atom. The average Bonchev–Trinajstić information content (AvgIpc) is 2.78. The quantitative estimate of drug-likeness (QED) is 0.918. The van der Waals surface area contributed by atoms with Gasteiger partial charge < -0.3 is 14.3 Å². The second-order valence-electron chi connectivity index (χ2n) is 3.73. The first-order valence-electron chi connectivity index (χ1n) is 5.28. The van der Waals surface area contributed by atoms with E-state index in [1.807, 2.05) is 24.3 Å². The molecule has 5 heteroatoms. The summed E-state index contributed by atoms with van der Waals surface area (Å²) in [4.78, 5) is 10.6. The van der Waals surface area contributed by atoms with E-state index >= 15 is 0 Å². The van der Waals surface area contributed by atoms with Crippen LogP contribution in [0.1, 0.15) is 21.7 Å². The minimum absolute atomic E-state index is 0.135. The summed E-state index contributed by atoms with van der Waals surface area (Å²) < 4.78 is 11.5. The molecule has 0 saturated carbocycles. The highest BCUT2D eigenvalue weighted by Crippen LogP contribution is 2.14. The van der Waals surface area contributed by atoms with Crippen LogP contribution in [0, 0.1) is 0 Å². The van der Waals surface area contributed by atoms with E-state index in [1.165, 1.54) is 12.3 Å². The van der Waals surface area contributed by atoms with Gasteiger partial charge in [-0.05, 0) is 23.8 Å². The van der Waals surface area contributed by atoms with Gasteiger partial charge in [0, 0.05) is 4.47 Å². The normalized spacial score (nSPS) is 10.5. The molecule has 2 aromatic rings. The lowest BCUT2D eigenvalue weighted by Gasteiger charge is -2.02.